The summed E-state index contributed by atoms with van der Waals surface area (Å²) in [5.74, 6) is 1.40. The average molecular weight is 327 g/mol. The molecule has 0 aromatic heterocycles. The van der Waals surface area contributed by atoms with Crippen LogP contribution in [0, 0.1) is 19.8 Å². The second-order valence-corrected chi connectivity index (χ2v) is 5.89. The molecular formula is C17H27ClN2O2. The number of nitrogens with one attached hydrogen (secondary N) is 2. The molecule has 22 heavy (non-hydrogen) atoms. The van der Waals surface area contributed by atoms with Crippen LogP contribution >= 0.6 is 12.4 Å². The van der Waals surface area contributed by atoms with Crippen molar-refractivity contribution in [3.8, 4) is 5.75 Å². The molecule has 1 atom stereocenters. The van der Waals surface area contributed by atoms with E-state index in [4.69, 9.17) is 4.74 Å². The Balaban J connectivity index is 0.00000242. The lowest BCUT2D eigenvalue weighted by molar-refractivity contribution is -0.123. The van der Waals surface area contributed by atoms with Crippen molar-refractivity contribution in [1.82, 2.24) is 10.6 Å². The number of hydrogen-bond acceptors (Lipinski definition) is 3. The molecule has 0 spiro atoms. The summed E-state index contributed by atoms with van der Waals surface area (Å²) in [5, 5.41) is 6.33. The van der Waals surface area contributed by atoms with Crippen molar-refractivity contribution < 1.29 is 9.53 Å². The second kappa shape index (κ2) is 9.70. The van der Waals surface area contributed by atoms with Gasteiger partial charge in [-0.05, 0) is 75.4 Å². The maximum atomic E-state index is 11.8. The summed E-state index contributed by atoms with van der Waals surface area (Å²) in [7, 11) is 0. The fourth-order valence-corrected chi connectivity index (χ4v) is 2.59. The summed E-state index contributed by atoms with van der Waals surface area (Å²) in [5.41, 5.74) is 2.41. The smallest absolute Gasteiger partial charge is 0.257 e. The highest BCUT2D eigenvalue weighted by Gasteiger charge is 2.12. The van der Waals surface area contributed by atoms with Gasteiger partial charge in [-0.2, -0.15) is 0 Å². The first-order valence-electron chi connectivity index (χ1n) is 7.82. The van der Waals surface area contributed by atoms with Gasteiger partial charge in [0.2, 0.25) is 0 Å². The quantitative estimate of drug-likeness (QED) is 0.845. The zero-order valence-electron chi connectivity index (χ0n) is 13.5. The molecule has 2 N–H and O–H groups in total. The van der Waals surface area contributed by atoms with E-state index in [1.54, 1.807) is 0 Å². The van der Waals surface area contributed by atoms with Gasteiger partial charge in [-0.25, -0.2) is 0 Å². The molecule has 5 heteroatoms. The monoisotopic (exact) mass is 326 g/mol. The van der Waals surface area contributed by atoms with Crippen LogP contribution in [0.5, 0.6) is 5.75 Å². The predicted molar refractivity (Wildman–Crippen MR) is 91.9 cm³/mol. The van der Waals surface area contributed by atoms with Gasteiger partial charge in [0.05, 0.1) is 0 Å². The number of amides is 1. The number of hydrogen-bond donors (Lipinski definition) is 2. The van der Waals surface area contributed by atoms with E-state index >= 15 is 0 Å². The molecule has 124 valence electrons. The summed E-state index contributed by atoms with van der Waals surface area (Å²) >= 11 is 0. The molecule has 1 aromatic carbocycles. The third-order valence-electron chi connectivity index (χ3n) is 4.12. The van der Waals surface area contributed by atoms with Gasteiger partial charge in [0, 0.05) is 6.54 Å². The molecule has 1 unspecified atom stereocenters. The second-order valence-electron chi connectivity index (χ2n) is 5.89. The van der Waals surface area contributed by atoms with Crippen molar-refractivity contribution in [3.63, 3.8) is 0 Å². The molecule has 0 radical (unpaired) electrons. The molecule has 1 aromatic rings. The Labute approximate surface area is 139 Å². The number of aryl methyl sites for hydroxylation is 2. The van der Waals surface area contributed by atoms with Crippen molar-refractivity contribution in [2.75, 3.05) is 26.2 Å². The molecular weight excluding hydrogens is 300 g/mol. The Kier molecular flexibility index (Phi) is 8.28. The van der Waals surface area contributed by atoms with Gasteiger partial charge in [-0.3, -0.25) is 4.79 Å². The van der Waals surface area contributed by atoms with Crippen LogP contribution in [0.1, 0.15) is 30.4 Å². The van der Waals surface area contributed by atoms with Crippen LogP contribution in [0.25, 0.3) is 0 Å². The van der Waals surface area contributed by atoms with Crippen LogP contribution in [0.3, 0.4) is 0 Å². The Morgan fingerprint density at radius 1 is 1.36 bits per heavy atom. The maximum absolute atomic E-state index is 11.8. The van der Waals surface area contributed by atoms with Gasteiger partial charge in [0.25, 0.3) is 5.91 Å². The lowest BCUT2D eigenvalue weighted by atomic mass is 9.96. The number of halogens is 1. The molecule has 1 aliphatic heterocycles. The maximum Gasteiger partial charge on any atom is 0.257 e. The third-order valence-corrected chi connectivity index (χ3v) is 4.12. The molecule has 0 saturated carbocycles. The van der Waals surface area contributed by atoms with Gasteiger partial charge >= 0.3 is 0 Å². The normalized spacial score (nSPS) is 17.5. The highest BCUT2D eigenvalue weighted by Crippen LogP contribution is 2.16. The number of rotatable bonds is 6. The summed E-state index contributed by atoms with van der Waals surface area (Å²) < 4.78 is 5.52. The molecule has 1 fully saturated rings. The predicted octanol–water partition coefficient (Wildman–Crippen LogP) is 2.61. The Morgan fingerprint density at radius 3 is 2.86 bits per heavy atom. The van der Waals surface area contributed by atoms with E-state index in [0.29, 0.717) is 5.92 Å². The molecule has 0 bridgehead atoms. The van der Waals surface area contributed by atoms with Gasteiger partial charge in [-0.15, -0.1) is 12.4 Å². The van der Waals surface area contributed by atoms with Crippen LogP contribution in [0.2, 0.25) is 0 Å². The van der Waals surface area contributed by atoms with Gasteiger partial charge in [0.1, 0.15) is 5.75 Å². The Hall–Kier alpha value is -1.26. The van der Waals surface area contributed by atoms with E-state index in [9.17, 15) is 4.79 Å². The fourth-order valence-electron chi connectivity index (χ4n) is 2.59. The number of benzene rings is 1. The van der Waals surface area contributed by atoms with E-state index in [2.05, 4.69) is 17.6 Å². The first kappa shape index (κ1) is 18.8. The van der Waals surface area contributed by atoms with Crippen LogP contribution < -0.4 is 15.4 Å². The SMILES string of the molecule is Cc1ccc(OCC(=O)NCCC2CCCNC2)cc1C.Cl. The number of carbonyl (C=O) groups is 1. The number of carbonyl (C=O) groups excluding carboxylic acids is 1. The highest BCUT2D eigenvalue weighted by molar-refractivity contribution is 5.85. The topological polar surface area (TPSA) is 50.4 Å². The average Bonchev–Trinajstić information content (AvgIpc) is 2.49. The van der Waals surface area contributed by atoms with Crippen LogP contribution in [0.4, 0.5) is 0 Å². The van der Waals surface area contributed by atoms with Crippen molar-refractivity contribution in [2.45, 2.75) is 33.1 Å². The van der Waals surface area contributed by atoms with Gasteiger partial charge in [0.15, 0.2) is 6.61 Å². The van der Waals surface area contributed by atoms with E-state index in [1.165, 1.54) is 24.0 Å². The van der Waals surface area contributed by atoms with E-state index in [-0.39, 0.29) is 24.9 Å². The summed E-state index contributed by atoms with van der Waals surface area (Å²) in [6.07, 6.45) is 3.55. The minimum Gasteiger partial charge on any atom is -0.484 e. The van der Waals surface area contributed by atoms with Crippen molar-refractivity contribution in [2.24, 2.45) is 5.92 Å². The number of piperidine rings is 1. The van der Waals surface area contributed by atoms with Crippen LogP contribution in [-0.4, -0.2) is 32.1 Å². The minimum absolute atomic E-state index is 0. The summed E-state index contributed by atoms with van der Waals surface area (Å²) in [6, 6.07) is 5.89. The van der Waals surface area contributed by atoms with E-state index in [1.807, 2.05) is 25.1 Å². The molecule has 0 aliphatic carbocycles. The lowest BCUT2D eigenvalue weighted by Gasteiger charge is -2.22. The Bertz CT molecular complexity index is 474. The van der Waals surface area contributed by atoms with E-state index in [0.717, 1.165) is 31.8 Å². The lowest BCUT2D eigenvalue weighted by Crippen LogP contribution is -2.34. The van der Waals surface area contributed by atoms with Crippen molar-refractivity contribution in [1.29, 1.82) is 0 Å². The van der Waals surface area contributed by atoms with Gasteiger partial charge < -0.3 is 15.4 Å². The van der Waals surface area contributed by atoms with Crippen LogP contribution in [0.15, 0.2) is 18.2 Å². The fraction of sp³-hybridized carbons (Fsp3) is 0.588. The zero-order valence-corrected chi connectivity index (χ0v) is 14.3. The molecule has 1 aliphatic rings. The first-order chi connectivity index (χ1) is 10.1. The Morgan fingerprint density at radius 2 is 2.18 bits per heavy atom. The van der Waals surface area contributed by atoms with Gasteiger partial charge in [-0.1, -0.05) is 6.07 Å². The summed E-state index contributed by atoms with van der Waals surface area (Å²) in [6.45, 7) is 7.14. The third kappa shape index (κ3) is 6.24. The molecule has 2 rings (SSSR count). The van der Waals surface area contributed by atoms with Crippen LogP contribution in [-0.2, 0) is 4.79 Å². The molecule has 1 saturated heterocycles. The van der Waals surface area contributed by atoms with Crippen molar-refractivity contribution >= 4 is 18.3 Å². The number of ether oxygens (including phenoxy) is 1. The first-order valence-corrected chi connectivity index (χ1v) is 7.82. The minimum atomic E-state index is -0.0444. The standard InChI is InChI=1S/C17H26N2O2.ClH/c1-13-5-6-16(10-14(13)2)21-12-17(20)19-9-7-15-4-3-8-18-11-15;/h5-6,10,15,18H,3-4,7-9,11-12H2,1-2H3,(H,19,20);1H. The molecule has 1 heterocycles. The zero-order chi connectivity index (χ0) is 15.1. The highest BCUT2D eigenvalue weighted by atomic mass is 35.5. The molecule has 4 nitrogen and oxygen atoms in total. The summed E-state index contributed by atoms with van der Waals surface area (Å²) in [4.78, 5) is 11.8. The molecule has 1 amide bonds. The van der Waals surface area contributed by atoms with E-state index < -0.39 is 0 Å². The largest absolute Gasteiger partial charge is 0.484 e. The van der Waals surface area contributed by atoms with Crippen molar-refractivity contribution in [3.05, 3.63) is 29.3 Å².